The smallest absolute Gasteiger partial charge is 0.223 e. The van der Waals surface area contributed by atoms with Gasteiger partial charge in [0.25, 0.3) is 0 Å². The van der Waals surface area contributed by atoms with Gasteiger partial charge in [-0.15, -0.1) is 0 Å². The zero-order valence-corrected chi connectivity index (χ0v) is 8.53. The summed E-state index contributed by atoms with van der Waals surface area (Å²) < 4.78 is 13.0. The molecular weight excluding hydrogens is 193 g/mol. The summed E-state index contributed by atoms with van der Waals surface area (Å²) in [5, 5.41) is 0. The van der Waals surface area contributed by atoms with Gasteiger partial charge in [0, 0.05) is 13.5 Å². The number of rotatable bonds is 0. The summed E-state index contributed by atoms with van der Waals surface area (Å²) in [4.78, 5) is 13.3. The van der Waals surface area contributed by atoms with Gasteiger partial charge in [0.2, 0.25) is 5.91 Å². The third kappa shape index (κ3) is 1.12. The molecule has 0 bridgehead atoms. The predicted molar refractivity (Wildman–Crippen MR) is 53.7 cm³/mol. The molecule has 78 valence electrons. The van der Waals surface area contributed by atoms with E-state index in [-0.39, 0.29) is 17.8 Å². The van der Waals surface area contributed by atoms with E-state index in [2.05, 4.69) is 0 Å². The Kier molecular flexibility index (Phi) is 1.67. The Balaban J connectivity index is 2.08. The van der Waals surface area contributed by atoms with E-state index in [1.54, 1.807) is 11.0 Å². The second-order valence-corrected chi connectivity index (χ2v) is 4.46. The lowest BCUT2D eigenvalue weighted by Crippen LogP contribution is -2.22. The van der Waals surface area contributed by atoms with Crippen molar-refractivity contribution in [3.8, 4) is 0 Å². The SMILES string of the molecule is CN1C(=O)CC2Cc3cc(F)ccc3C21. The summed E-state index contributed by atoms with van der Waals surface area (Å²) in [6, 6.07) is 5.10. The summed E-state index contributed by atoms with van der Waals surface area (Å²) in [6.45, 7) is 0. The van der Waals surface area contributed by atoms with Crippen molar-refractivity contribution in [2.75, 3.05) is 7.05 Å². The number of hydrogen-bond donors (Lipinski definition) is 0. The number of hydrogen-bond acceptors (Lipinski definition) is 1. The third-order valence-electron chi connectivity index (χ3n) is 3.60. The van der Waals surface area contributed by atoms with Gasteiger partial charge in [-0.3, -0.25) is 4.79 Å². The van der Waals surface area contributed by atoms with Crippen LogP contribution in [0.1, 0.15) is 23.6 Å². The highest BCUT2D eigenvalue weighted by molar-refractivity contribution is 5.80. The fourth-order valence-corrected chi connectivity index (χ4v) is 2.92. The molecule has 1 aliphatic heterocycles. The van der Waals surface area contributed by atoms with Gasteiger partial charge in [-0.25, -0.2) is 4.39 Å². The van der Waals surface area contributed by atoms with Crippen LogP contribution in [-0.2, 0) is 11.2 Å². The molecule has 2 atom stereocenters. The highest BCUT2D eigenvalue weighted by Crippen LogP contribution is 2.46. The first-order valence-electron chi connectivity index (χ1n) is 5.21. The molecule has 1 aromatic rings. The molecule has 2 aliphatic rings. The topological polar surface area (TPSA) is 20.3 Å². The van der Waals surface area contributed by atoms with Crippen LogP contribution in [0.15, 0.2) is 18.2 Å². The van der Waals surface area contributed by atoms with E-state index in [1.165, 1.54) is 6.07 Å². The molecule has 0 spiro atoms. The Morgan fingerprint density at radius 2 is 2.20 bits per heavy atom. The number of carbonyl (C=O) groups excluding carboxylic acids is 1. The maximum absolute atomic E-state index is 13.0. The monoisotopic (exact) mass is 205 g/mol. The Morgan fingerprint density at radius 3 is 3.00 bits per heavy atom. The van der Waals surface area contributed by atoms with E-state index in [1.807, 2.05) is 13.1 Å². The van der Waals surface area contributed by atoms with Crippen LogP contribution in [0.4, 0.5) is 4.39 Å². The van der Waals surface area contributed by atoms with E-state index < -0.39 is 0 Å². The molecule has 1 saturated heterocycles. The van der Waals surface area contributed by atoms with Gasteiger partial charge in [-0.05, 0) is 35.6 Å². The average molecular weight is 205 g/mol. The first-order chi connectivity index (χ1) is 7.16. The third-order valence-corrected chi connectivity index (χ3v) is 3.60. The van der Waals surface area contributed by atoms with E-state index in [0.717, 1.165) is 17.5 Å². The fourth-order valence-electron chi connectivity index (χ4n) is 2.92. The van der Waals surface area contributed by atoms with Crippen LogP contribution in [0.25, 0.3) is 0 Å². The molecule has 0 N–H and O–H groups in total. The number of amides is 1. The van der Waals surface area contributed by atoms with Gasteiger partial charge in [-0.2, -0.15) is 0 Å². The van der Waals surface area contributed by atoms with Crippen molar-refractivity contribution in [2.45, 2.75) is 18.9 Å². The zero-order valence-electron chi connectivity index (χ0n) is 8.53. The molecule has 0 aromatic heterocycles. The van der Waals surface area contributed by atoms with Crippen LogP contribution < -0.4 is 0 Å². The number of nitrogens with zero attached hydrogens (tertiary/aromatic N) is 1. The highest BCUT2D eigenvalue weighted by Gasteiger charge is 2.43. The van der Waals surface area contributed by atoms with Crippen molar-refractivity contribution in [1.29, 1.82) is 0 Å². The molecule has 1 heterocycles. The Morgan fingerprint density at radius 1 is 1.40 bits per heavy atom. The summed E-state index contributed by atoms with van der Waals surface area (Å²) >= 11 is 0. The van der Waals surface area contributed by atoms with Crippen molar-refractivity contribution in [2.24, 2.45) is 5.92 Å². The van der Waals surface area contributed by atoms with Crippen molar-refractivity contribution in [1.82, 2.24) is 4.90 Å². The van der Waals surface area contributed by atoms with Crippen LogP contribution >= 0.6 is 0 Å². The van der Waals surface area contributed by atoms with Gasteiger partial charge in [0.05, 0.1) is 6.04 Å². The molecule has 1 aromatic carbocycles. The lowest BCUT2D eigenvalue weighted by Gasteiger charge is -2.19. The number of benzene rings is 1. The zero-order chi connectivity index (χ0) is 10.6. The maximum Gasteiger partial charge on any atom is 0.223 e. The molecule has 15 heavy (non-hydrogen) atoms. The molecule has 3 heteroatoms. The standard InChI is InChI=1S/C12H12FNO/c1-14-11(15)6-8-4-7-5-9(13)2-3-10(7)12(8)14/h2-3,5,8,12H,4,6H2,1H3. The molecular formula is C12H12FNO. The molecule has 1 aliphatic carbocycles. The van der Waals surface area contributed by atoms with Crippen LogP contribution in [0.2, 0.25) is 0 Å². The summed E-state index contributed by atoms with van der Waals surface area (Å²) in [5.41, 5.74) is 2.21. The molecule has 0 radical (unpaired) electrons. The normalized spacial score (nSPS) is 28.1. The van der Waals surface area contributed by atoms with Gasteiger partial charge in [0.1, 0.15) is 5.82 Å². The minimum atomic E-state index is -0.178. The minimum Gasteiger partial charge on any atom is -0.338 e. The molecule has 3 rings (SSSR count). The van der Waals surface area contributed by atoms with Crippen LogP contribution in [0.3, 0.4) is 0 Å². The first-order valence-corrected chi connectivity index (χ1v) is 5.21. The highest BCUT2D eigenvalue weighted by atomic mass is 19.1. The summed E-state index contributed by atoms with van der Waals surface area (Å²) in [6.07, 6.45) is 1.45. The van der Waals surface area contributed by atoms with Crippen LogP contribution in [0, 0.1) is 11.7 Å². The van der Waals surface area contributed by atoms with Crippen molar-refractivity contribution in [3.63, 3.8) is 0 Å². The predicted octanol–water partition coefficient (Wildman–Crippen LogP) is 1.90. The van der Waals surface area contributed by atoms with Gasteiger partial charge < -0.3 is 4.90 Å². The van der Waals surface area contributed by atoms with Crippen molar-refractivity contribution < 1.29 is 9.18 Å². The Hall–Kier alpha value is -1.38. The largest absolute Gasteiger partial charge is 0.338 e. The van der Waals surface area contributed by atoms with Gasteiger partial charge >= 0.3 is 0 Å². The first kappa shape index (κ1) is 8.89. The minimum absolute atomic E-state index is 0.178. The lowest BCUT2D eigenvalue weighted by molar-refractivity contribution is -0.127. The molecule has 2 nitrogen and oxygen atoms in total. The summed E-state index contributed by atoms with van der Waals surface area (Å²) in [5.74, 6) is 0.391. The molecule has 0 saturated carbocycles. The lowest BCUT2D eigenvalue weighted by atomic mass is 10.0. The Bertz CT molecular complexity index is 443. The van der Waals surface area contributed by atoms with E-state index >= 15 is 0 Å². The van der Waals surface area contributed by atoms with Crippen molar-refractivity contribution >= 4 is 5.91 Å². The molecule has 1 amide bonds. The number of carbonyl (C=O) groups is 1. The quantitative estimate of drug-likeness (QED) is 0.633. The number of likely N-dealkylation sites (tertiary alicyclic amines) is 1. The van der Waals surface area contributed by atoms with E-state index in [4.69, 9.17) is 0 Å². The van der Waals surface area contributed by atoms with Gasteiger partial charge in [-0.1, -0.05) is 6.07 Å². The van der Waals surface area contributed by atoms with Crippen molar-refractivity contribution in [3.05, 3.63) is 35.1 Å². The van der Waals surface area contributed by atoms with E-state index in [0.29, 0.717) is 12.3 Å². The van der Waals surface area contributed by atoms with Gasteiger partial charge in [0.15, 0.2) is 0 Å². The Labute approximate surface area is 87.7 Å². The summed E-state index contributed by atoms with van der Waals surface area (Å²) in [7, 11) is 1.84. The number of halogens is 1. The van der Waals surface area contributed by atoms with Crippen LogP contribution in [0.5, 0.6) is 0 Å². The van der Waals surface area contributed by atoms with E-state index in [9.17, 15) is 9.18 Å². The van der Waals surface area contributed by atoms with Crippen LogP contribution in [-0.4, -0.2) is 17.9 Å². The second kappa shape index (κ2) is 2.81. The maximum atomic E-state index is 13.0. The molecule has 1 fully saturated rings. The fraction of sp³-hybridized carbons (Fsp3) is 0.417. The second-order valence-electron chi connectivity index (χ2n) is 4.46. The average Bonchev–Trinajstić information content (AvgIpc) is 2.64. The molecule has 2 unspecified atom stereocenters. The number of fused-ring (bicyclic) bond motifs is 3.